The normalized spacial score (nSPS) is 19.4. The van der Waals surface area contributed by atoms with Crippen molar-refractivity contribution in [2.24, 2.45) is 0 Å². The molecule has 5 nitrogen and oxygen atoms in total. The summed E-state index contributed by atoms with van der Waals surface area (Å²) >= 11 is 0. The lowest BCUT2D eigenvalue weighted by atomic mass is 9.98. The Bertz CT molecular complexity index is 958. The van der Waals surface area contributed by atoms with Gasteiger partial charge in [0.05, 0.1) is 13.0 Å². The summed E-state index contributed by atoms with van der Waals surface area (Å²) in [5.74, 6) is -1.19. The van der Waals surface area contributed by atoms with E-state index in [2.05, 4.69) is 11.0 Å². The lowest BCUT2D eigenvalue weighted by molar-refractivity contribution is -0.132. The molecule has 1 atom stereocenters. The second kappa shape index (κ2) is 9.42. The van der Waals surface area contributed by atoms with Gasteiger partial charge in [0.25, 0.3) is 0 Å². The minimum absolute atomic E-state index is 0.110. The number of aliphatic hydroxyl groups is 1. The molecule has 2 aromatic rings. The molecule has 2 aromatic carbocycles. The third kappa shape index (κ3) is 5.11. The van der Waals surface area contributed by atoms with Gasteiger partial charge in [-0.25, -0.2) is 8.78 Å². The van der Waals surface area contributed by atoms with Crippen LogP contribution in [0.5, 0.6) is 0 Å². The molecular weight excluding hydrogens is 402 g/mol. The highest BCUT2D eigenvalue weighted by molar-refractivity contribution is 5.79. The predicted molar refractivity (Wildman–Crippen MR) is 113 cm³/mol. The number of amides is 1. The van der Waals surface area contributed by atoms with Gasteiger partial charge < -0.3 is 14.7 Å². The van der Waals surface area contributed by atoms with Gasteiger partial charge in [-0.2, -0.15) is 0 Å². The molecule has 7 heteroatoms. The molecule has 2 heterocycles. The fourth-order valence-corrected chi connectivity index (χ4v) is 4.25. The van der Waals surface area contributed by atoms with Crippen molar-refractivity contribution in [1.29, 1.82) is 0 Å². The zero-order chi connectivity index (χ0) is 22.0. The number of piperazine rings is 1. The van der Waals surface area contributed by atoms with Crippen LogP contribution in [0.2, 0.25) is 0 Å². The maximum absolute atomic E-state index is 14.0. The Morgan fingerprint density at radius 1 is 1.13 bits per heavy atom. The summed E-state index contributed by atoms with van der Waals surface area (Å²) in [6.07, 6.45) is 0.764. The van der Waals surface area contributed by atoms with Crippen LogP contribution in [-0.4, -0.2) is 60.1 Å². The smallest absolute Gasteiger partial charge is 0.227 e. The molecule has 0 spiro atoms. The maximum Gasteiger partial charge on any atom is 0.227 e. The Labute approximate surface area is 181 Å². The Balaban J connectivity index is 1.26. The number of halogens is 2. The minimum atomic E-state index is -0.826. The Kier molecular flexibility index (Phi) is 6.65. The van der Waals surface area contributed by atoms with Crippen molar-refractivity contribution in [3.63, 3.8) is 0 Å². The molecule has 0 radical (unpaired) electrons. The highest BCUT2D eigenvalue weighted by Gasteiger charge is 2.23. The van der Waals surface area contributed by atoms with Crippen molar-refractivity contribution in [1.82, 2.24) is 9.80 Å². The Morgan fingerprint density at radius 2 is 1.90 bits per heavy atom. The number of ether oxygens (including phenoxy) is 1. The van der Waals surface area contributed by atoms with Crippen LogP contribution < -0.4 is 0 Å². The molecule has 0 aliphatic carbocycles. The third-order valence-corrected chi connectivity index (χ3v) is 6.23. The maximum atomic E-state index is 14.0. The number of carbonyl (C=O) groups is 1. The van der Waals surface area contributed by atoms with Gasteiger partial charge in [0, 0.05) is 43.9 Å². The molecular formula is C24H28F2N2O3. The van der Waals surface area contributed by atoms with Gasteiger partial charge in [-0.15, -0.1) is 0 Å². The van der Waals surface area contributed by atoms with Crippen molar-refractivity contribution in [3.8, 4) is 0 Å². The Morgan fingerprint density at radius 3 is 2.68 bits per heavy atom. The van der Waals surface area contributed by atoms with Gasteiger partial charge >= 0.3 is 0 Å². The lowest BCUT2D eigenvalue weighted by Crippen LogP contribution is -2.49. The van der Waals surface area contributed by atoms with Gasteiger partial charge in [0.1, 0.15) is 11.6 Å². The van der Waals surface area contributed by atoms with E-state index in [9.17, 15) is 18.7 Å². The number of benzene rings is 2. The van der Waals surface area contributed by atoms with Crippen LogP contribution >= 0.6 is 0 Å². The van der Waals surface area contributed by atoms with E-state index in [1.54, 1.807) is 4.90 Å². The first kappa shape index (κ1) is 21.9. The largest absolute Gasteiger partial charge is 0.364 e. The first-order valence-corrected chi connectivity index (χ1v) is 10.8. The number of nitrogens with zero attached hydrogens (tertiary/aromatic N) is 2. The monoisotopic (exact) mass is 430 g/mol. The molecule has 0 aromatic heterocycles. The number of hydrogen-bond donors (Lipinski definition) is 1. The number of carbonyl (C=O) groups excluding carboxylic acids is 1. The summed E-state index contributed by atoms with van der Waals surface area (Å²) in [5.41, 5.74) is 3.57. The van der Waals surface area contributed by atoms with Gasteiger partial charge in [-0.05, 0) is 48.6 Å². The van der Waals surface area contributed by atoms with Crippen LogP contribution in [0.25, 0.3) is 0 Å². The van der Waals surface area contributed by atoms with E-state index in [1.165, 1.54) is 12.5 Å². The molecule has 1 amide bonds. The summed E-state index contributed by atoms with van der Waals surface area (Å²) in [7, 11) is 0. The van der Waals surface area contributed by atoms with Gasteiger partial charge in [0.2, 0.25) is 5.91 Å². The van der Waals surface area contributed by atoms with Crippen LogP contribution in [-0.2, 0) is 28.8 Å². The van der Waals surface area contributed by atoms with Crippen molar-refractivity contribution >= 4 is 5.91 Å². The van der Waals surface area contributed by atoms with Crippen LogP contribution in [0, 0.1) is 18.6 Å². The van der Waals surface area contributed by atoms with E-state index >= 15 is 0 Å². The minimum Gasteiger partial charge on any atom is -0.364 e. The van der Waals surface area contributed by atoms with E-state index in [1.807, 2.05) is 12.1 Å². The summed E-state index contributed by atoms with van der Waals surface area (Å²) in [6.45, 7) is 5.61. The standard InChI is InChI=1S/C24H28F2N2O3/c1-16-12-22(26)19(14-21(16)25)15-23(29)28-9-7-27(8-10-28)6-4-17-2-3-20-18(13-17)5-11-31-24(20)30/h2-3,12-14,24,30H,4-11,15H2,1H3. The van der Waals surface area contributed by atoms with E-state index in [-0.39, 0.29) is 23.5 Å². The first-order chi connectivity index (χ1) is 14.9. The predicted octanol–water partition coefficient (Wildman–Crippen LogP) is 2.77. The summed E-state index contributed by atoms with van der Waals surface area (Å²) in [6, 6.07) is 8.40. The van der Waals surface area contributed by atoms with Crippen molar-refractivity contribution in [2.75, 3.05) is 39.3 Å². The van der Waals surface area contributed by atoms with Crippen molar-refractivity contribution in [3.05, 3.63) is 69.8 Å². The second-order valence-electron chi connectivity index (χ2n) is 8.35. The van der Waals surface area contributed by atoms with Gasteiger partial charge in [-0.3, -0.25) is 9.69 Å². The van der Waals surface area contributed by atoms with Crippen LogP contribution in [0.3, 0.4) is 0 Å². The van der Waals surface area contributed by atoms with E-state index in [4.69, 9.17) is 4.74 Å². The lowest BCUT2D eigenvalue weighted by Gasteiger charge is -2.35. The van der Waals surface area contributed by atoms with Gasteiger partial charge in [-0.1, -0.05) is 18.2 Å². The second-order valence-corrected chi connectivity index (χ2v) is 8.35. The van der Waals surface area contributed by atoms with Crippen molar-refractivity contribution < 1.29 is 23.4 Å². The van der Waals surface area contributed by atoms with Gasteiger partial charge in [0.15, 0.2) is 6.29 Å². The summed E-state index contributed by atoms with van der Waals surface area (Å²) in [5, 5.41) is 9.89. The average Bonchev–Trinajstić information content (AvgIpc) is 2.76. The molecule has 1 saturated heterocycles. The van der Waals surface area contributed by atoms with Crippen LogP contribution in [0.15, 0.2) is 30.3 Å². The number of aryl methyl sites for hydroxylation is 1. The molecule has 2 aliphatic heterocycles. The summed E-state index contributed by atoms with van der Waals surface area (Å²) in [4.78, 5) is 16.6. The molecule has 31 heavy (non-hydrogen) atoms. The molecule has 166 valence electrons. The third-order valence-electron chi connectivity index (χ3n) is 6.23. The topological polar surface area (TPSA) is 53.0 Å². The molecule has 1 N–H and O–H groups in total. The molecule has 4 rings (SSSR count). The van der Waals surface area contributed by atoms with E-state index in [0.29, 0.717) is 19.7 Å². The van der Waals surface area contributed by atoms with Crippen LogP contribution in [0.4, 0.5) is 8.78 Å². The number of fused-ring (bicyclic) bond motifs is 1. The highest BCUT2D eigenvalue weighted by atomic mass is 19.1. The Hall–Kier alpha value is -2.35. The van der Waals surface area contributed by atoms with E-state index in [0.717, 1.165) is 55.7 Å². The number of hydrogen-bond acceptors (Lipinski definition) is 4. The molecule has 2 aliphatic rings. The summed E-state index contributed by atoms with van der Waals surface area (Å²) < 4.78 is 33.0. The quantitative estimate of drug-likeness (QED) is 0.793. The zero-order valence-corrected chi connectivity index (χ0v) is 17.7. The number of rotatable bonds is 5. The molecule has 1 fully saturated rings. The fraction of sp³-hybridized carbons (Fsp3) is 0.458. The first-order valence-electron chi connectivity index (χ1n) is 10.8. The SMILES string of the molecule is Cc1cc(F)c(CC(=O)N2CCN(CCc3ccc4c(c3)CCOC4O)CC2)cc1F. The molecule has 0 bridgehead atoms. The van der Waals surface area contributed by atoms with Crippen molar-refractivity contribution in [2.45, 2.75) is 32.5 Å². The highest BCUT2D eigenvalue weighted by Crippen LogP contribution is 2.26. The average molecular weight is 430 g/mol. The van der Waals surface area contributed by atoms with Crippen LogP contribution in [0.1, 0.15) is 34.1 Å². The number of aliphatic hydroxyl groups excluding tert-OH is 1. The molecule has 1 unspecified atom stereocenters. The zero-order valence-electron chi connectivity index (χ0n) is 17.7. The fourth-order valence-electron chi connectivity index (χ4n) is 4.25. The molecule has 0 saturated carbocycles. The van der Waals surface area contributed by atoms with E-state index < -0.39 is 17.9 Å².